The molecular formula is C12H21N7. The van der Waals surface area contributed by atoms with E-state index in [4.69, 9.17) is 5.84 Å². The van der Waals surface area contributed by atoms with Gasteiger partial charge >= 0.3 is 0 Å². The van der Waals surface area contributed by atoms with E-state index < -0.39 is 0 Å². The van der Waals surface area contributed by atoms with E-state index in [9.17, 15) is 0 Å². The Balaban J connectivity index is 2.46. The third-order valence-corrected chi connectivity index (χ3v) is 3.04. The molecule has 0 aliphatic rings. The second-order valence-corrected chi connectivity index (χ2v) is 4.78. The van der Waals surface area contributed by atoms with Crippen molar-refractivity contribution in [3.8, 4) is 0 Å². The Labute approximate surface area is 112 Å². The van der Waals surface area contributed by atoms with Crippen LogP contribution in [0.5, 0.6) is 0 Å². The van der Waals surface area contributed by atoms with Gasteiger partial charge in [0.05, 0.1) is 11.4 Å². The van der Waals surface area contributed by atoms with Gasteiger partial charge in [-0.1, -0.05) is 0 Å². The Bertz CT molecular complexity index is 540. The summed E-state index contributed by atoms with van der Waals surface area (Å²) < 4.78 is 3.80. The monoisotopic (exact) mass is 263 g/mol. The van der Waals surface area contributed by atoms with Gasteiger partial charge in [-0.3, -0.25) is 10.5 Å². The van der Waals surface area contributed by atoms with E-state index in [0.29, 0.717) is 0 Å². The smallest absolute Gasteiger partial charge is 0.151 e. The molecule has 2 aromatic heterocycles. The molecule has 0 bridgehead atoms. The summed E-state index contributed by atoms with van der Waals surface area (Å²) in [6.45, 7) is 8.94. The lowest BCUT2D eigenvalue weighted by atomic mass is 10.2. The molecule has 1 atom stereocenters. The first-order valence-corrected chi connectivity index (χ1v) is 6.48. The van der Waals surface area contributed by atoms with Crippen molar-refractivity contribution in [3.05, 3.63) is 29.6 Å². The van der Waals surface area contributed by atoms with Crippen LogP contribution in [0.3, 0.4) is 0 Å². The summed E-state index contributed by atoms with van der Waals surface area (Å²) in [7, 11) is 0. The molecule has 7 heteroatoms. The molecule has 2 aromatic rings. The number of hydrazine groups is 1. The first-order valence-electron chi connectivity index (χ1n) is 6.48. The zero-order chi connectivity index (χ0) is 14.0. The van der Waals surface area contributed by atoms with Crippen LogP contribution in [0.15, 0.2) is 12.4 Å². The molecule has 2 rings (SSSR count). The van der Waals surface area contributed by atoms with E-state index in [-0.39, 0.29) is 12.1 Å². The van der Waals surface area contributed by atoms with Gasteiger partial charge < -0.3 is 0 Å². The molecule has 7 nitrogen and oxygen atoms in total. The summed E-state index contributed by atoms with van der Waals surface area (Å²) in [6.07, 6.45) is 1.55. The predicted octanol–water partition coefficient (Wildman–Crippen LogP) is 0.937. The van der Waals surface area contributed by atoms with Crippen LogP contribution in [0.2, 0.25) is 0 Å². The summed E-state index contributed by atoms with van der Waals surface area (Å²) in [5.74, 6) is 6.52. The molecule has 0 aromatic carbocycles. The Morgan fingerprint density at radius 1 is 1.42 bits per heavy atom. The molecule has 2 heterocycles. The van der Waals surface area contributed by atoms with Crippen LogP contribution in [0, 0.1) is 6.92 Å². The van der Waals surface area contributed by atoms with E-state index in [1.165, 1.54) is 0 Å². The van der Waals surface area contributed by atoms with Gasteiger partial charge in [0.1, 0.15) is 12.4 Å². The number of hydrogen-bond donors (Lipinski definition) is 2. The van der Waals surface area contributed by atoms with E-state index in [1.54, 1.807) is 6.33 Å². The van der Waals surface area contributed by atoms with Crippen LogP contribution in [0.1, 0.15) is 50.1 Å². The Kier molecular flexibility index (Phi) is 3.96. The number of hydrogen-bond acceptors (Lipinski definition) is 5. The maximum atomic E-state index is 5.73. The molecule has 1 unspecified atom stereocenters. The van der Waals surface area contributed by atoms with Gasteiger partial charge in [0.15, 0.2) is 5.82 Å². The van der Waals surface area contributed by atoms with Crippen LogP contribution >= 0.6 is 0 Å². The van der Waals surface area contributed by atoms with Gasteiger partial charge in [-0.15, -0.1) is 0 Å². The molecule has 0 saturated carbocycles. The Morgan fingerprint density at radius 3 is 2.74 bits per heavy atom. The molecule has 104 valence electrons. The topological polar surface area (TPSA) is 86.6 Å². The predicted molar refractivity (Wildman–Crippen MR) is 72.2 cm³/mol. The van der Waals surface area contributed by atoms with Crippen LogP contribution in [-0.2, 0) is 6.54 Å². The molecule has 0 aliphatic heterocycles. The quantitative estimate of drug-likeness (QED) is 0.619. The van der Waals surface area contributed by atoms with Crippen molar-refractivity contribution in [1.82, 2.24) is 30.0 Å². The average Bonchev–Trinajstić information content (AvgIpc) is 2.97. The molecule has 0 radical (unpaired) electrons. The van der Waals surface area contributed by atoms with Crippen LogP contribution in [0.4, 0.5) is 0 Å². The molecule has 3 N–H and O–H groups in total. The van der Waals surface area contributed by atoms with Crippen molar-refractivity contribution in [3.63, 3.8) is 0 Å². The normalized spacial score (nSPS) is 13.2. The summed E-state index contributed by atoms with van der Waals surface area (Å²) in [5, 5.41) is 8.70. The van der Waals surface area contributed by atoms with Crippen molar-refractivity contribution >= 4 is 0 Å². The molecule has 0 saturated heterocycles. The standard InChI is InChI=1S/C12H21N7/c1-5-18-10(6-9(4)17-18)11(16-13)12-14-7-15-19(12)8(2)3/h6-8,11,16H,5,13H2,1-4H3. The number of nitrogens with one attached hydrogen (secondary N) is 1. The zero-order valence-corrected chi connectivity index (χ0v) is 11.8. The molecule has 0 aliphatic carbocycles. The first-order chi connectivity index (χ1) is 9.08. The summed E-state index contributed by atoms with van der Waals surface area (Å²) >= 11 is 0. The van der Waals surface area contributed by atoms with Gasteiger partial charge in [-0.2, -0.15) is 10.2 Å². The van der Waals surface area contributed by atoms with Gasteiger partial charge in [-0.05, 0) is 33.8 Å². The lowest BCUT2D eigenvalue weighted by Gasteiger charge is -2.18. The van der Waals surface area contributed by atoms with Gasteiger partial charge in [-0.25, -0.2) is 15.1 Å². The van der Waals surface area contributed by atoms with Crippen molar-refractivity contribution in [1.29, 1.82) is 0 Å². The van der Waals surface area contributed by atoms with Crippen molar-refractivity contribution in [2.45, 2.75) is 46.3 Å². The highest BCUT2D eigenvalue weighted by atomic mass is 15.4. The molecular weight excluding hydrogens is 242 g/mol. The number of nitrogens with zero attached hydrogens (tertiary/aromatic N) is 5. The van der Waals surface area contributed by atoms with E-state index >= 15 is 0 Å². The number of rotatable bonds is 5. The van der Waals surface area contributed by atoms with Gasteiger partial charge in [0.25, 0.3) is 0 Å². The first kappa shape index (κ1) is 13.7. The highest BCUT2D eigenvalue weighted by Gasteiger charge is 2.23. The minimum atomic E-state index is -0.217. The SMILES string of the molecule is CCn1nc(C)cc1C(NN)c1ncnn1C(C)C. The number of aryl methyl sites for hydroxylation is 2. The molecule has 0 spiro atoms. The second kappa shape index (κ2) is 5.50. The van der Waals surface area contributed by atoms with Crippen LogP contribution in [0.25, 0.3) is 0 Å². The Morgan fingerprint density at radius 2 is 2.16 bits per heavy atom. The minimum absolute atomic E-state index is 0.217. The van der Waals surface area contributed by atoms with E-state index in [1.807, 2.05) is 22.4 Å². The fourth-order valence-electron chi connectivity index (χ4n) is 2.21. The maximum absolute atomic E-state index is 5.73. The summed E-state index contributed by atoms with van der Waals surface area (Å²) in [6, 6.07) is 2.03. The largest absolute Gasteiger partial charge is 0.270 e. The fraction of sp³-hybridized carbons (Fsp3) is 0.583. The van der Waals surface area contributed by atoms with Gasteiger partial charge in [0.2, 0.25) is 0 Å². The third-order valence-electron chi connectivity index (χ3n) is 3.04. The number of nitrogens with two attached hydrogens (primary N) is 1. The zero-order valence-electron chi connectivity index (χ0n) is 11.8. The highest BCUT2D eigenvalue weighted by molar-refractivity contribution is 5.20. The van der Waals surface area contributed by atoms with E-state index in [0.717, 1.165) is 23.8 Å². The maximum Gasteiger partial charge on any atom is 0.151 e. The fourth-order valence-corrected chi connectivity index (χ4v) is 2.21. The van der Waals surface area contributed by atoms with Crippen LogP contribution < -0.4 is 11.3 Å². The summed E-state index contributed by atoms with van der Waals surface area (Å²) in [4.78, 5) is 4.34. The lowest BCUT2D eigenvalue weighted by molar-refractivity contribution is 0.451. The van der Waals surface area contributed by atoms with Crippen LogP contribution in [-0.4, -0.2) is 24.5 Å². The van der Waals surface area contributed by atoms with E-state index in [2.05, 4.69) is 41.4 Å². The van der Waals surface area contributed by atoms with Crippen molar-refractivity contribution in [2.75, 3.05) is 0 Å². The average molecular weight is 263 g/mol. The molecule has 19 heavy (non-hydrogen) atoms. The Hall–Kier alpha value is -1.73. The van der Waals surface area contributed by atoms with Crippen molar-refractivity contribution < 1.29 is 0 Å². The summed E-state index contributed by atoms with van der Waals surface area (Å²) in [5.41, 5.74) is 4.78. The second-order valence-electron chi connectivity index (χ2n) is 4.78. The molecule has 0 amide bonds. The lowest BCUT2D eigenvalue weighted by Crippen LogP contribution is -2.33. The minimum Gasteiger partial charge on any atom is -0.270 e. The van der Waals surface area contributed by atoms with Gasteiger partial charge in [0, 0.05) is 12.6 Å². The number of aromatic nitrogens is 5. The van der Waals surface area contributed by atoms with Crippen molar-refractivity contribution in [2.24, 2.45) is 5.84 Å². The molecule has 0 fully saturated rings. The third kappa shape index (κ3) is 2.52. The highest BCUT2D eigenvalue weighted by Crippen LogP contribution is 2.22.